The van der Waals surface area contributed by atoms with E-state index < -0.39 is 11.9 Å². The average molecular weight is 626 g/mol. The number of aryl methyl sites for hydroxylation is 1. The summed E-state index contributed by atoms with van der Waals surface area (Å²) in [5, 5.41) is 18.7. The summed E-state index contributed by atoms with van der Waals surface area (Å²) in [5.41, 5.74) is 3.21. The third kappa shape index (κ3) is 8.56. The van der Waals surface area contributed by atoms with Crippen molar-refractivity contribution in [3.05, 3.63) is 65.0 Å². The molecule has 2 saturated heterocycles. The normalized spacial score (nSPS) is 21.6. The molecule has 0 spiro atoms. The van der Waals surface area contributed by atoms with E-state index in [2.05, 4.69) is 21.7 Å². The Morgan fingerprint density at radius 1 is 1.07 bits per heavy atom. The van der Waals surface area contributed by atoms with Crippen molar-refractivity contribution in [2.24, 2.45) is 5.92 Å². The maximum absolute atomic E-state index is 13.9. The van der Waals surface area contributed by atoms with Gasteiger partial charge in [0.25, 0.3) is 0 Å². The highest BCUT2D eigenvalue weighted by Crippen LogP contribution is 2.43. The number of hydrogen-bond acceptors (Lipinski definition) is 6. The fourth-order valence-electron chi connectivity index (χ4n) is 7.11. The van der Waals surface area contributed by atoms with E-state index in [4.69, 9.17) is 15.2 Å². The smallest absolute Gasteiger partial charge is 0.328 e. The molecule has 0 radical (unpaired) electrons. The first-order valence-corrected chi connectivity index (χ1v) is 15.6. The van der Waals surface area contributed by atoms with Crippen LogP contribution in [0.5, 0.6) is 0 Å². The number of aliphatic carboxylic acids is 2. The first kappa shape index (κ1) is 33.8. The Labute approximate surface area is 263 Å². The maximum Gasteiger partial charge on any atom is 0.328 e. The Balaban J connectivity index is 0.000000510. The Morgan fingerprint density at radius 2 is 1.71 bits per heavy atom. The number of benzene rings is 1. The second-order valence-corrected chi connectivity index (χ2v) is 12.4. The van der Waals surface area contributed by atoms with Crippen LogP contribution >= 0.6 is 0 Å². The van der Waals surface area contributed by atoms with Gasteiger partial charge >= 0.3 is 11.9 Å². The molecule has 3 aliphatic heterocycles. The van der Waals surface area contributed by atoms with Crippen LogP contribution in [0.1, 0.15) is 87.7 Å². The zero-order valence-electron chi connectivity index (χ0n) is 26.4. The van der Waals surface area contributed by atoms with E-state index >= 15 is 0 Å². The van der Waals surface area contributed by atoms with Crippen LogP contribution in [0.2, 0.25) is 0 Å². The summed E-state index contributed by atoms with van der Waals surface area (Å²) in [6, 6.07) is 7.84. The van der Waals surface area contributed by atoms with Crippen LogP contribution < -0.4 is 5.32 Å². The summed E-state index contributed by atoms with van der Waals surface area (Å²) < 4.78 is 16.4. The van der Waals surface area contributed by atoms with E-state index in [1.54, 1.807) is 6.07 Å². The maximum atomic E-state index is 13.9. The summed E-state index contributed by atoms with van der Waals surface area (Å²) in [7, 11) is 0. The highest BCUT2D eigenvalue weighted by Gasteiger charge is 2.42. The molecule has 3 aliphatic rings. The molecule has 2 fully saturated rings. The van der Waals surface area contributed by atoms with Crippen molar-refractivity contribution in [2.45, 2.75) is 96.9 Å². The van der Waals surface area contributed by atoms with Crippen LogP contribution in [0.4, 0.5) is 4.39 Å². The Morgan fingerprint density at radius 3 is 2.27 bits per heavy atom. The number of piperidine rings is 1. The fourth-order valence-corrected chi connectivity index (χ4v) is 7.11. The molecule has 0 saturated carbocycles. The molecule has 2 amide bonds. The van der Waals surface area contributed by atoms with Gasteiger partial charge in [0.05, 0.1) is 18.3 Å². The third-order valence-corrected chi connectivity index (χ3v) is 8.93. The van der Waals surface area contributed by atoms with Crippen LogP contribution in [-0.4, -0.2) is 78.5 Å². The number of carboxylic acid groups (broad SMARTS) is 2. The van der Waals surface area contributed by atoms with E-state index in [1.807, 2.05) is 24.8 Å². The molecule has 0 aliphatic carbocycles. The molecular weight excluding hydrogens is 581 g/mol. The van der Waals surface area contributed by atoms with Gasteiger partial charge in [0, 0.05) is 68.3 Å². The zero-order chi connectivity index (χ0) is 32.8. The highest BCUT2D eigenvalue weighted by atomic mass is 19.1. The topological polar surface area (TPSA) is 145 Å². The zero-order valence-corrected chi connectivity index (χ0v) is 26.4. The van der Waals surface area contributed by atoms with Crippen molar-refractivity contribution in [1.82, 2.24) is 24.7 Å². The summed E-state index contributed by atoms with van der Waals surface area (Å²) in [4.78, 5) is 53.0. The van der Waals surface area contributed by atoms with E-state index in [-0.39, 0.29) is 29.6 Å². The number of aromatic nitrogens is 2. The van der Waals surface area contributed by atoms with Gasteiger partial charge in [-0.15, -0.1) is 0 Å². The first-order chi connectivity index (χ1) is 21.3. The number of halogens is 1. The lowest BCUT2D eigenvalue weighted by molar-refractivity contribution is -0.135. The number of imidazole rings is 1. The van der Waals surface area contributed by atoms with E-state index in [0.717, 1.165) is 55.9 Å². The molecule has 2 bridgehead atoms. The second kappa shape index (κ2) is 14.8. The Bertz CT molecular complexity index is 1410. The quantitative estimate of drug-likeness (QED) is 0.355. The molecule has 1 unspecified atom stereocenters. The largest absolute Gasteiger partial charge is 0.478 e. The minimum Gasteiger partial charge on any atom is -0.478 e. The number of carbonyl (C=O) groups is 4. The number of nitrogens with one attached hydrogen (secondary N) is 1. The second-order valence-electron chi connectivity index (χ2n) is 12.4. The molecule has 1 aromatic heterocycles. The van der Waals surface area contributed by atoms with Gasteiger partial charge in [-0.2, -0.15) is 0 Å². The molecule has 4 heterocycles. The van der Waals surface area contributed by atoms with E-state index in [1.165, 1.54) is 37.6 Å². The number of hydrogen-bond donors (Lipinski definition) is 3. The average Bonchev–Trinajstić information content (AvgIpc) is 3.43. The number of fused-ring (bicyclic) bond motifs is 3. The summed E-state index contributed by atoms with van der Waals surface area (Å²) >= 11 is 0. The Hall–Kier alpha value is -4.06. The van der Waals surface area contributed by atoms with Gasteiger partial charge in [0.15, 0.2) is 0 Å². The van der Waals surface area contributed by atoms with Gasteiger partial charge in [0.2, 0.25) is 11.8 Å². The molecule has 244 valence electrons. The van der Waals surface area contributed by atoms with Gasteiger partial charge < -0.3 is 25.0 Å². The molecule has 2 aromatic rings. The molecule has 5 rings (SSSR count). The van der Waals surface area contributed by atoms with Gasteiger partial charge in [-0.3, -0.25) is 14.5 Å². The monoisotopic (exact) mass is 625 g/mol. The fraction of sp³-hybridized carbons (Fsp3) is 0.545. The lowest BCUT2D eigenvalue weighted by Crippen LogP contribution is -2.45. The van der Waals surface area contributed by atoms with Crippen LogP contribution in [0, 0.1) is 18.7 Å². The molecule has 3 N–H and O–H groups in total. The molecular formula is C33H44FN5O6. The van der Waals surface area contributed by atoms with Crippen LogP contribution in [-0.2, 0) is 32.1 Å². The van der Waals surface area contributed by atoms with Gasteiger partial charge in [0.1, 0.15) is 11.6 Å². The third-order valence-electron chi connectivity index (χ3n) is 8.93. The van der Waals surface area contributed by atoms with Crippen molar-refractivity contribution >= 4 is 23.8 Å². The number of carboxylic acids is 2. The number of amides is 2. The molecule has 4 atom stereocenters. The van der Waals surface area contributed by atoms with Crippen molar-refractivity contribution in [1.29, 1.82) is 0 Å². The van der Waals surface area contributed by atoms with Gasteiger partial charge in [-0.25, -0.2) is 19.0 Å². The van der Waals surface area contributed by atoms with E-state index in [9.17, 15) is 23.6 Å². The molecule has 1 aromatic carbocycles. The van der Waals surface area contributed by atoms with Gasteiger partial charge in [-0.1, -0.05) is 26.0 Å². The molecule has 11 nitrogen and oxygen atoms in total. The number of rotatable bonds is 9. The molecule has 12 heteroatoms. The lowest BCUT2D eigenvalue weighted by atomic mass is 9.94. The standard InChI is InChI=1S/C29H40FN5O2.C4H4O4/c1-18(2)29(37)33-12-11-28-27(17-33)31-19(3)35(28)25-15-23-8-9-24(16-25)34(23)13-10-26(32-20(4)36)21-6-5-7-22(30)14-21;5-3(6)1-2-4(7)8/h5-7,14,18,23-26H,8-13,15-17H2,1-4H3,(H,32,36);1-2H,(H,5,6)(H,7,8)/t23-,24+,25?,26-;/m0./s1. The predicted octanol–water partition coefficient (Wildman–Crippen LogP) is 4.02. The predicted molar refractivity (Wildman–Crippen MR) is 165 cm³/mol. The summed E-state index contributed by atoms with van der Waals surface area (Å²) in [6.07, 6.45) is 7.33. The van der Waals surface area contributed by atoms with Crippen LogP contribution in [0.15, 0.2) is 36.4 Å². The minimum atomic E-state index is -1.26. The summed E-state index contributed by atoms with van der Waals surface area (Å²) in [6.45, 7) is 9.83. The van der Waals surface area contributed by atoms with Crippen molar-refractivity contribution in [2.75, 3.05) is 13.1 Å². The highest BCUT2D eigenvalue weighted by molar-refractivity contribution is 5.89. The van der Waals surface area contributed by atoms with Gasteiger partial charge in [-0.05, 0) is 56.7 Å². The summed E-state index contributed by atoms with van der Waals surface area (Å²) in [5.74, 6) is -1.59. The first-order valence-electron chi connectivity index (χ1n) is 15.6. The van der Waals surface area contributed by atoms with E-state index in [0.29, 0.717) is 36.8 Å². The van der Waals surface area contributed by atoms with Crippen molar-refractivity contribution in [3.63, 3.8) is 0 Å². The van der Waals surface area contributed by atoms with Crippen molar-refractivity contribution < 1.29 is 33.8 Å². The van der Waals surface area contributed by atoms with Crippen molar-refractivity contribution in [3.8, 4) is 0 Å². The minimum absolute atomic E-state index is 0.0100. The lowest BCUT2D eigenvalue weighted by Gasteiger charge is -2.41. The van der Waals surface area contributed by atoms with Crippen LogP contribution in [0.25, 0.3) is 0 Å². The van der Waals surface area contributed by atoms with Crippen LogP contribution in [0.3, 0.4) is 0 Å². The Kier molecular flexibility index (Phi) is 11.1. The number of carbonyl (C=O) groups excluding carboxylic acids is 2. The number of nitrogens with zero attached hydrogens (tertiary/aromatic N) is 4. The SMILES string of the molecule is CC(=O)N[C@@H](CCN1[C@@H]2CC[C@H]1CC(n1c(C)nc3c1CCN(C(=O)C(C)C)C3)C2)c1cccc(F)c1.O=C(O)C=CC(=O)O. The molecule has 45 heavy (non-hydrogen) atoms.